The Labute approximate surface area is 191 Å². The summed E-state index contributed by atoms with van der Waals surface area (Å²) in [5.74, 6) is 0.356. The Morgan fingerprint density at radius 2 is 2.03 bits per heavy atom. The van der Waals surface area contributed by atoms with Crippen LogP contribution in [0.5, 0.6) is 0 Å². The molecule has 0 aliphatic carbocycles. The molecule has 0 radical (unpaired) electrons. The van der Waals surface area contributed by atoms with Crippen molar-refractivity contribution in [3.05, 3.63) is 96.1 Å². The predicted molar refractivity (Wildman–Crippen MR) is 123 cm³/mol. The van der Waals surface area contributed by atoms with Gasteiger partial charge in [-0.1, -0.05) is 36.4 Å². The smallest absolute Gasteiger partial charge is 0.282 e. The van der Waals surface area contributed by atoms with Crippen LogP contribution < -0.4 is 11.1 Å². The van der Waals surface area contributed by atoms with E-state index in [9.17, 15) is 9.59 Å². The number of furan rings is 1. The lowest BCUT2D eigenvalue weighted by molar-refractivity contribution is -0.588. The molecule has 2 atom stereocenters. The van der Waals surface area contributed by atoms with Gasteiger partial charge in [0.25, 0.3) is 11.7 Å². The van der Waals surface area contributed by atoms with Crippen molar-refractivity contribution in [1.82, 2.24) is 10.2 Å². The fraction of sp³-hybridized carbons (Fsp3) is 0.200. The van der Waals surface area contributed by atoms with E-state index in [1.165, 1.54) is 4.90 Å². The number of allylic oxidation sites excluding steroid dienone is 2. The fourth-order valence-electron chi connectivity index (χ4n) is 4.21. The maximum absolute atomic E-state index is 13.3. The van der Waals surface area contributed by atoms with Crippen LogP contribution in [0.2, 0.25) is 0 Å². The summed E-state index contributed by atoms with van der Waals surface area (Å²) in [6.45, 7) is 0.744. The molecule has 0 spiro atoms. The average molecular weight is 442 g/mol. The van der Waals surface area contributed by atoms with E-state index in [1.54, 1.807) is 41.3 Å². The summed E-state index contributed by atoms with van der Waals surface area (Å²) in [5, 5.41) is 2.93. The summed E-state index contributed by atoms with van der Waals surface area (Å²) in [6, 6.07) is 13.5. The van der Waals surface area contributed by atoms with E-state index in [0.29, 0.717) is 24.6 Å². The molecule has 0 saturated carbocycles. The number of hydrogen-bond acceptors (Lipinski definition) is 5. The number of nitrogens with two attached hydrogens (primary N) is 1. The maximum Gasteiger partial charge on any atom is 0.282 e. The molecule has 3 aliphatic heterocycles. The summed E-state index contributed by atoms with van der Waals surface area (Å²) in [7, 11) is 0. The number of amidine groups is 2. The molecular formula is C25H24N5O3+. The van der Waals surface area contributed by atoms with Crippen molar-refractivity contribution in [3.63, 3.8) is 0 Å². The van der Waals surface area contributed by atoms with E-state index >= 15 is 0 Å². The summed E-state index contributed by atoms with van der Waals surface area (Å²) < 4.78 is 7.28. The molecule has 166 valence electrons. The minimum Gasteiger partial charge on any atom is -0.465 e. The first kappa shape index (κ1) is 20.7. The summed E-state index contributed by atoms with van der Waals surface area (Å²) in [5.41, 5.74) is 7.89. The third-order valence-corrected chi connectivity index (χ3v) is 5.89. The van der Waals surface area contributed by atoms with Crippen LogP contribution in [0.15, 0.2) is 94.2 Å². The highest BCUT2D eigenvalue weighted by atomic mass is 16.3. The van der Waals surface area contributed by atoms with E-state index < -0.39 is 12.1 Å². The van der Waals surface area contributed by atoms with Gasteiger partial charge in [-0.25, -0.2) is 9.57 Å². The number of fused-ring (bicyclic) bond motifs is 2. The Morgan fingerprint density at radius 1 is 1.18 bits per heavy atom. The number of rotatable bonds is 6. The fourth-order valence-corrected chi connectivity index (χ4v) is 4.21. The van der Waals surface area contributed by atoms with Gasteiger partial charge in [0, 0.05) is 12.7 Å². The number of aliphatic imine (C=N–C) groups is 1. The minimum absolute atomic E-state index is 0.155. The molecule has 4 heterocycles. The lowest BCUT2D eigenvalue weighted by Gasteiger charge is -2.35. The molecule has 5 rings (SSSR count). The average Bonchev–Trinajstić information content (AvgIpc) is 3.35. The Bertz CT molecular complexity index is 1220. The number of nitrogens with one attached hydrogen (secondary N) is 1. The van der Waals surface area contributed by atoms with Gasteiger partial charge in [0.15, 0.2) is 0 Å². The summed E-state index contributed by atoms with van der Waals surface area (Å²) >= 11 is 0. The minimum atomic E-state index is -0.651. The molecule has 0 bridgehead atoms. The van der Waals surface area contributed by atoms with Gasteiger partial charge in [-0.3, -0.25) is 20.2 Å². The first-order valence-electron chi connectivity index (χ1n) is 10.8. The van der Waals surface area contributed by atoms with Crippen LogP contribution in [0.1, 0.15) is 11.3 Å². The zero-order valence-electron chi connectivity index (χ0n) is 17.9. The van der Waals surface area contributed by atoms with Crippen LogP contribution in [-0.4, -0.2) is 45.7 Å². The van der Waals surface area contributed by atoms with E-state index in [0.717, 1.165) is 5.56 Å². The van der Waals surface area contributed by atoms with Gasteiger partial charge in [0.05, 0.1) is 6.26 Å². The van der Waals surface area contributed by atoms with Gasteiger partial charge in [-0.05, 0) is 42.3 Å². The molecule has 0 unspecified atom stereocenters. The second-order valence-electron chi connectivity index (χ2n) is 8.00. The zero-order valence-corrected chi connectivity index (χ0v) is 17.9. The van der Waals surface area contributed by atoms with Crippen molar-refractivity contribution in [2.75, 3.05) is 6.54 Å². The van der Waals surface area contributed by atoms with Crippen LogP contribution >= 0.6 is 0 Å². The number of carbonyl (C=O) groups excluding carboxylic acids is 2. The summed E-state index contributed by atoms with van der Waals surface area (Å²) in [4.78, 5) is 32.7. The largest absolute Gasteiger partial charge is 0.465 e. The molecule has 3 aliphatic rings. The Hall–Kier alpha value is -4.20. The Kier molecular flexibility index (Phi) is 5.48. The standard InChI is InChI=1S/C25H23N5O3/c26-22-19(24(31)27-12-11-17-7-2-1-3-8-17)15-20-23(30(22)16-18-9-6-14-33-18)28-21-10-4-5-13-29(21)25(20)32/h1-10,13-15,20,23,26H,11-12,16H2,(H,27,31)/p+1/t20-,23+/m1/s1. The molecule has 1 aromatic carbocycles. The molecule has 3 N–H and O–H groups in total. The van der Waals surface area contributed by atoms with Gasteiger partial charge in [-0.15, -0.1) is 0 Å². The van der Waals surface area contributed by atoms with Crippen molar-refractivity contribution in [2.24, 2.45) is 16.6 Å². The summed E-state index contributed by atoms with van der Waals surface area (Å²) in [6.07, 6.45) is 10.4. The van der Waals surface area contributed by atoms with Crippen molar-refractivity contribution >= 4 is 23.5 Å². The van der Waals surface area contributed by atoms with Gasteiger partial charge in [0.2, 0.25) is 12.1 Å². The van der Waals surface area contributed by atoms with Gasteiger partial charge in [-0.2, -0.15) is 0 Å². The van der Waals surface area contributed by atoms with Crippen LogP contribution in [0.25, 0.3) is 0 Å². The second-order valence-corrected chi connectivity index (χ2v) is 8.00. The molecule has 0 fully saturated rings. The Balaban J connectivity index is 1.44. The number of carbonyl (C=O) groups is 2. The topological polar surface area (TPSA) is 104 Å². The normalized spacial score (nSPS) is 21.3. The number of hydrogen-bond donors (Lipinski definition) is 2. The molecule has 0 saturated heterocycles. The predicted octanol–water partition coefficient (Wildman–Crippen LogP) is 1.71. The third-order valence-electron chi connectivity index (χ3n) is 5.89. The van der Waals surface area contributed by atoms with Crippen molar-refractivity contribution in [2.45, 2.75) is 19.1 Å². The highest BCUT2D eigenvalue weighted by Crippen LogP contribution is 2.28. The van der Waals surface area contributed by atoms with E-state index in [4.69, 9.17) is 15.1 Å². The van der Waals surface area contributed by atoms with Crippen molar-refractivity contribution < 1.29 is 18.6 Å². The van der Waals surface area contributed by atoms with Crippen molar-refractivity contribution in [1.29, 1.82) is 0 Å². The van der Waals surface area contributed by atoms with E-state index in [2.05, 4.69) is 5.32 Å². The lowest BCUT2D eigenvalue weighted by atomic mass is 9.93. The van der Waals surface area contributed by atoms with Crippen LogP contribution in [-0.2, 0) is 22.6 Å². The molecule has 2 amide bonds. The maximum atomic E-state index is 13.3. The van der Waals surface area contributed by atoms with Gasteiger partial charge in [0.1, 0.15) is 29.6 Å². The third kappa shape index (κ3) is 4.03. The van der Waals surface area contributed by atoms with E-state index in [-0.39, 0.29) is 29.8 Å². The Morgan fingerprint density at radius 3 is 2.82 bits per heavy atom. The molecule has 8 heteroatoms. The first-order valence-corrected chi connectivity index (χ1v) is 10.8. The SMILES string of the molecule is NC1=[N+](Cc2ccco2)[C@@H]2N=C3C=CC=CN3C(=O)[C@@H]2C=C1C(=O)NCCc1ccccc1. The highest BCUT2D eigenvalue weighted by Gasteiger charge is 2.46. The molecular weight excluding hydrogens is 418 g/mol. The monoisotopic (exact) mass is 442 g/mol. The van der Waals surface area contributed by atoms with Gasteiger partial charge < -0.3 is 9.73 Å². The number of benzene rings is 1. The first-order chi connectivity index (χ1) is 16.1. The molecule has 1 aromatic heterocycles. The molecule has 2 aromatic rings. The van der Waals surface area contributed by atoms with Crippen LogP contribution in [0, 0.1) is 5.92 Å². The zero-order chi connectivity index (χ0) is 22.8. The highest BCUT2D eigenvalue weighted by molar-refractivity contribution is 6.19. The lowest BCUT2D eigenvalue weighted by Crippen LogP contribution is -2.54. The van der Waals surface area contributed by atoms with E-state index in [1.807, 2.05) is 42.5 Å². The van der Waals surface area contributed by atoms with Crippen LogP contribution in [0.4, 0.5) is 0 Å². The van der Waals surface area contributed by atoms with Gasteiger partial charge >= 0.3 is 0 Å². The van der Waals surface area contributed by atoms with Crippen molar-refractivity contribution in [3.8, 4) is 0 Å². The number of amides is 2. The molecule has 33 heavy (non-hydrogen) atoms. The quantitative estimate of drug-likeness (QED) is 0.665. The van der Waals surface area contributed by atoms with Crippen LogP contribution in [0.3, 0.4) is 0 Å². The molecule has 8 nitrogen and oxygen atoms in total. The number of nitrogens with zero attached hydrogens (tertiary/aromatic N) is 3. The second kappa shape index (κ2) is 8.74.